The largest absolute Gasteiger partial charge is 0.340 e. The number of pyridine rings is 1. The van der Waals surface area contributed by atoms with Gasteiger partial charge in [0.15, 0.2) is 0 Å². The van der Waals surface area contributed by atoms with E-state index in [1.807, 2.05) is 37.1 Å². The molecule has 1 saturated heterocycles. The summed E-state index contributed by atoms with van der Waals surface area (Å²) in [5.74, 6) is -0.897. The smallest absolute Gasteiger partial charge is 0.251 e. The van der Waals surface area contributed by atoms with Crippen molar-refractivity contribution in [2.45, 2.75) is 26.4 Å². The summed E-state index contributed by atoms with van der Waals surface area (Å²) in [4.78, 5) is 33.8. The lowest BCUT2D eigenvalue weighted by Crippen LogP contribution is -2.56. The molecule has 1 N–H and O–H groups in total. The molecule has 0 spiro atoms. The standard InChI is InChI=1S/C22H27FN4O2/c1-16(2)20(25-21(28)18-5-7-19(23)8-6-18)22(29)27-12-10-26(11-13-27)15-17-4-3-9-24-14-17/h3-9,14,16,20H,10-13,15H2,1-2H3,(H,25,28). The van der Waals surface area contributed by atoms with Crippen LogP contribution in [0.2, 0.25) is 0 Å². The lowest BCUT2D eigenvalue weighted by atomic mass is 10.0. The number of carbonyl (C=O) groups is 2. The van der Waals surface area contributed by atoms with Gasteiger partial charge in [-0.15, -0.1) is 0 Å². The first kappa shape index (κ1) is 20.9. The van der Waals surface area contributed by atoms with Gasteiger partial charge in [0.05, 0.1) is 0 Å². The zero-order chi connectivity index (χ0) is 20.8. The first-order valence-electron chi connectivity index (χ1n) is 9.90. The summed E-state index contributed by atoms with van der Waals surface area (Å²) < 4.78 is 13.1. The lowest BCUT2D eigenvalue weighted by Gasteiger charge is -2.37. The van der Waals surface area contributed by atoms with Crippen molar-refractivity contribution in [2.24, 2.45) is 5.92 Å². The van der Waals surface area contributed by atoms with Gasteiger partial charge in [0.2, 0.25) is 5.91 Å². The maximum absolute atomic E-state index is 13.1. The molecule has 1 aliphatic heterocycles. The third kappa shape index (κ3) is 5.60. The van der Waals surface area contributed by atoms with Crippen LogP contribution in [-0.4, -0.2) is 58.8 Å². The number of carbonyl (C=O) groups excluding carboxylic acids is 2. The molecule has 154 valence electrons. The Morgan fingerprint density at radius 2 is 1.79 bits per heavy atom. The quantitative estimate of drug-likeness (QED) is 0.811. The van der Waals surface area contributed by atoms with Gasteiger partial charge < -0.3 is 10.2 Å². The molecule has 1 aliphatic rings. The fourth-order valence-electron chi connectivity index (χ4n) is 3.41. The molecule has 3 rings (SSSR count). The second-order valence-electron chi connectivity index (χ2n) is 7.66. The van der Waals surface area contributed by atoms with Crippen LogP contribution in [0.4, 0.5) is 4.39 Å². The summed E-state index contributed by atoms with van der Waals surface area (Å²) in [6, 6.07) is 8.67. The van der Waals surface area contributed by atoms with Gasteiger partial charge in [-0.1, -0.05) is 19.9 Å². The van der Waals surface area contributed by atoms with E-state index in [9.17, 15) is 14.0 Å². The fourth-order valence-corrected chi connectivity index (χ4v) is 3.41. The number of hydrogen-bond donors (Lipinski definition) is 1. The van der Waals surface area contributed by atoms with Crippen molar-refractivity contribution in [1.82, 2.24) is 20.1 Å². The topological polar surface area (TPSA) is 65.5 Å². The highest BCUT2D eigenvalue weighted by molar-refractivity contribution is 5.97. The van der Waals surface area contributed by atoms with E-state index in [1.165, 1.54) is 24.3 Å². The van der Waals surface area contributed by atoms with Crippen molar-refractivity contribution in [1.29, 1.82) is 0 Å². The summed E-state index contributed by atoms with van der Waals surface area (Å²) >= 11 is 0. The van der Waals surface area contributed by atoms with Crippen LogP contribution in [0, 0.1) is 11.7 Å². The van der Waals surface area contributed by atoms with E-state index in [2.05, 4.69) is 15.2 Å². The molecule has 1 atom stereocenters. The summed E-state index contributed by atoms with van der Waals surface area (Å²) in [7, 11) is 0. The number of aromatic nitrogens is 1. The first-order chi connectivity index (χ1) is 13.9. The van der Waals surface area contributed by atoms with Gasteiger partial charge in [-0.2, -0.15) is 0 Å². The summed E-state index contributed by atoms with van der Waals surface area (Å²) in [6.45, 7) is 7.42. The van der Waals surface area contributed by atoms with Gasteiger partial charge >= 0.3 is 0 Å². The normalized spacial score (nSPS) is 15.9. The van der Waals surface area contributed by atoms with Gasteiger partial charge in [-0.3, -0.25) is 19.5 Å². The second kappa shape index (κ2) is 9.60. The van der Waals surface area contributed by atoms with Gasteiger partial charge in [0.1, 0.15) is 11.9 Å². The summed E-state index contributed by atoms with van der Waals surface area (Å²) in [5, 5.41) is 2.83. The molecule has 7 heteroatoms. The van der Waals surface area contributed by atoms with Crippen molar-refractivity contribution in [3.8, 4) is 0 Å². The van der Waals surface area contributed by atoms with Crippen LogP contribution in [0.25, 0.3) is 0 Å². The molecule has 1 aromatic carbocycles. The van der Waals surface area contributed by atoms with Gasteiger partial charge in [0.25, 0.3) is 5.91 Å². The molecule has 0 aliphatic carbocycles. The maximum atomic E-state index is 13.1. The van der Waals surface area contributed by atoms with Crippen molar-refractivity contribution in [3.05, 3.63) is 65.7 Å². The molecule has 1 unspecified atom stereocenters. The number of nitrogens with one attached hydrogen (secondary N) is 1. The average Bonchev–Trinajstić information content (AvgIpc) is 2.73. The van der Waals surface area contributed by atoms with Gasteiger partial charge in [-0.25, -0.2) is 4.39 Å². The van der Waals surface area contributed by atoms with Crippen LogP contribution in [0.1, 0.15) is 29.8 Å². The number of benzene rings is 1. The zero-order valence-corrected chi connectivity index (χ0v) is 16.8. The van der Waals surface area contributed by atoms with Gasteiger partial charge in [0, 0.05) is 50.7 Å². The molecule has 0 saturated carbocycles. The Labute approximate surface area is 170 Å². The van der Waals surface area contributed by atoms with Crippen LogP contribution in [0.3, 0.4) is 0 Å². The van der Waals surface area contributed by atoms with Crippen LogP contribution in [0.5, 0.6) is 0 Å². The van der Waals surface area contributed by atoms with Crippen LogP contribution >= 0.6 is 0 Å². The molecule has 6 nitrogen and oxygen atoms in total. The number of hydrogen-bond acceptors (Lipinski definition) is 4. The van der Waals surface area contributed by atoms with Crippen molar-refractivity contribution >= 4 is 11.8 Å². The maximum Gasteiger partial charge on any atom is 0.251 e. The van der Waals surface area contributed by atoms with E-state index in [0.29, 0.717) is 18.7 Å². The van der Waals surface area contributed by atoms with Crippen LogP contribution in [-0.2, 0) is 11.3 Å². The number of nitrogens with zero attached hydrogens (tertiary/aromatic N) is 3. The zero-order valence-electron chi connectivity index (χ0n) is 16.8. The van der Waals surface area contributed by atoms with E-state index < -0.39 is 11.9 Å². The molecule has 0 bridgehead atoms. The Bertz CT molecular complexity index is 818. The SMILES string of the molecule is CC(C)C(NC(=O)c1ccc(F)cc1)C(=O)N1CCN(Cc2cccnc2)CC1. The minimum Gasteiger partial charge on any atom is -0.340 e. The third-order valence-corrected chi connectivity index (χ3v) is 5.14. The van der Waals surface area contributed by atoms with E-state index >= 15 is 0 Å². The lowest BCUT2D eigenvalue weighted by molar-refractivity contribution is -0.136. The number of piperazine rings is 1. The Morgan fingerprint density at radius 3 is 2.38 bits per heavy atom. The molecule has 2 amide bonds. The predicted octanol–water partition coefficient (Wildman–Crippen LogP) is 2.32. The minimum absolute atomic E-state index is 0.0553. The second-order valence-corrected chi connectivity index (χ2v) is 7.66. The van der Waals surface area contributed by atoms with E-state index in [1.54, 1.807) is 6.20 Å². The minimum atomic E-state index is -0.613. The first-order valence-corrected chi connectivity index (χ1v) is 9.90. The monoisotopic (exact) mass is 398 g/mol. The Kier molecular flexibility index (Phi) is 6.93. The molecular weight excluding hydrogens is 371 g/mol. The highest BCUT2D eigenvalue weighted by Gasteiger charge is 2.31. The molecular formula is C22H27FN4O2. The average molecular weight is 398 g/mol. The van der Waals surface area contributed by atoms with Crippen molar-refractivity contribution in [2.75, 3.05) is 26.2 Å². The van der Waals surface area contributed by atoms with Crippen LogP contribution < -0.4 is 5.32 Å². The van der Waals surface area contributed by atoms with Gasteiger partial charge in [-0.05, 0) is 41.8 Å². The Morgan fingerprint density at radius 1 is 1.10 bits per heavy atom. The van der Waals surface area contributed by atoms with Crippen molar-refractivity contribution in [3.63, 3.8) is 0 Å². The molecule has 29 heavy (non-hydrogen) atoms. The molecule has 0 radical (unpaired) electrons. The van der Waals surface area contributed by atoms with E-state index in [-0.39, 0.29) is 17.7 Å². The molecule has 1 fully saturated rings. The van der Waals surface area contributed by atoms with E-state index in [4.69, 9.17) is 0 Å². The van der Waals surface area contributed by atoms with Crippen molar-refractivity contribution < 1.29 is 14.0 Å². The molecule has 2 aromatic rings. The number of rotatable bonds is 6. The summed E-state index contributed by atoms with van der Waals surface area (Å²) in [5.41, 5.74) is 1.49. The molecule has 2 heterocycles. The van der Waals surface area contributed by atoms with E-state index in [0.717, 1.165) is 25.2 Å². The highest BCUT2D eigenvalue weighted by Crippen LogP contribution is 2.13. The molecule has 1 aromatic heterocycles. The number of amides is 2. The fraction of sp³-hybridized carbons (Fsp3) is 0.409. The van der Waals surface area contributed by atoms with Crippen LogP contribution in [0.15, 0.2) is 48.8 Å². The third-order valence-electron chi connectivity index (χ3n) is 5.14. The predicted molar refractivity (Wildman–Crippen MR) is 109 cm³/mol. The Balaban J connectivity index is 1.57. The number of halogens is 1. The summed E-state index contributed by atoms with van der Waals surface area (Å²) in [6.07, 6.45) is 3.61. The Hall–Kier alpha value is -2.80. The highest BCUT2D eigenvalue weighted by atomic mass is 19.1.